The van der Waals surface area contributed by atoms with Gasteiger partial charge in [-0.05, 0) is 80.8 Å². The average molecular weight is 342 g/mol. The highest BCUT2D eigenvalue weighted by atomic mass is 16.6. The first-order valence-electron chi connectivity index (χ1n) is 10.0. The van der Waals surface area contributed by atoms with Gasteiger partial charge in [0.2, 0.25) is 0 Å². The van der Waals surface area contributed by atoms with Crippen LogP contribution in [0.1, 0.15) is 59.8 Å². The van der Waals surface area contributed by atoms with Gasteiger partial charge >= 0.3 is 0 Å². The van der Waals surface area contributed by atoms with Gasteiger partial charge in [0.25, 0.3) is 0 Å². The summed E-state index contributed by atoms with van der Waals surface area (Å²) in [7, 11) is 0. The van der Waals surface area contributed by atoms with E-state index in [0.717, 1.165) is 32.1 Å². The van der Waals surface area contributed by atoms with Gasteiger partial charge in [0.15, 0.2) is 11.9 Å². The van der Waals surface area contributed by atoms with Gasteiger partial charge in [-0.3, -0.25) is 4.79 Å². The number of fused-ring (bicyclic) bond motifs is 4. The molecule has 4 aliphatic carbocycles. The van der Waals surface area contributed by atoms with Crippen LogP contribution in [-0.4, -0.2) is 28.7 Å². The molecule has 1 spiro atoms. The topological polar surface area (TPSA) is 49.8 Å². The summed E-state index contributed by atoms with van der Waals surface area (Å²) in [6.45, 7) is 8.93. The smallest absolute Gasteiger partial charge is 0.187 e. The summed E-state index contributed by atoms with van der Waals surface area (Å²) < 4.78 is 6.25. The van der Waals surface area contributed by atoms with E-state index in [2.05, 4.69) is 33.8 Å². The third-order valence-corrected chi connectivity index (χ3v) is 9.23. The third kappa shape index (κ3) is 1.60. The van der Waals surface area contributed by atoms with Gasteiger partial charge < -0.3 is 9.84 Å². The number of hydrogen-bond donors (Lipinski definition) is 1. The highest BCUT2D eigenvalue weighted by Crippen LogP contribution is 2.73. The van der Waals surface area contributed by atoms with E-state index < -0.39 is 0 Å². The van der Waals surface area contributed by atoms with Gasteiger partial charge in [-0.15, -0.1) is 0 Å². The van der Waals surface area contributed by atoms with E-state index in [1.165, 1.54) is 11.1 Å². The molecule has 0 bridgehead atoms. The summed E-state index contributed by atoms with van der Waals surface area (Å²) in [5, 5.41) is 10.6. The van der Waals surface area contributed by atoms with E-state index in [4.69, 9.17) is 4.74 Å². The van der Waals surface area contributed by atoms with Gasteiger partial charge in [-0.2, -0.15) is 0 Å². The molecule has 1 N–H and O–H groups in total. The molecule has 0 aromatic carbocycles. The lowest BCUT2D eigenvalue weighted by atomic mass is 9.43. The Kier molecular flexibility index (Phi) is 3.04. The highest BCUT2D eigenvalue weighted by molar-refractivity contribution is 6.00. The zero-order chi connectivity index (χ0) is 17.8. The standard InChI is InChI=1S/C22H30O3/c1-5-13-11-14-15-6-7-18(24)20(15,3)9-8-16(14)21(4)12(2)10-17(23)19-22(13,21)25-19/h5,10,14-16,18-19,24H,6-9,11H2,1-4H3/t14-,15-,16+,18?,19?,20-,21+,22?/m0/s1. The second-order valence-corrected chi connectivity index (χ2v) is 9.70. The fourth-order valence-electron chi connectivity index (χ4n) is 7.68. The van der Waals surface area contributed by atoms with Crippen molar-refractivity contribution in [2.24, 2.45) is 28.6 Å². The lowest BCUT2D eigenvalue weighted by molar-refractivity contribution is -0.117. The minimum Gasteiger partial charge on any atom is -0.393 e. The largest absolute Gasteiger partial charge is 0.393 e. The van der Waals surface area contributed by atoms with Crippen molar-refractivity contribution in [1.29, 1.82) is 0 Å². The van der Waals surface area contributed by atoms with Crippen molar-refractivity contribution in [3.63, 3.8) is 0 Å². The van der Waals surface area contributed by atoms with Gasteiger partial charge in [0.1, 0.15) is 5.60 Å². The Morgan fingerprint density at radius 1 is 1.24 bits per heavy atom. The number of epoxide rings is 1. The Balaban J connectivity index is 1.65. The van der Waals surface area contributed by atoms with Crippen LogP contribution in [0.3, 0.4) is 0 Å². The first-order chi connectivity index (χ1) is 11.8. The van der Waals surface area contributed by atoms with Crippen molar-refractivity contribution in [3.05, 3.63) is 23.3 Å². The summed E-state index contributed by atoms with van der Waals surface area (Å²) in [5.41, 5.74) is 2.18. The fraction of sp³-hybridized carbons (Fsp3) is 0.773. The Morgan fingerprint density at radius 3 is 2.72 bits per heavy atom. The molecule has 3 heteroatoms. The molecule has 25 heavy (non-hydrogen) atoms. The average Bonchev–Trinajstić information content (AvgIpc) is 3.26. The summed E-state index contributed by atoms with van der Waals surface area (Å²) >= 11 is 0. The normalized spacial score (nSPS) is 58.1. The Labute approximate surface area is 150 Å². The Morgan fingerprint density at radius 2 is 2.00 bits per heavy atom. The van der Waals surface area contributed by atoms with Gasteiger partial charge in [0.05, 0.1) is 6.10 Å². The molecule has 0 radical (unpaired) electrons. The second kappa shape index (κ2) is 4.67. The van der Waals surface area contributed by atoms with Crippen LogP contribution in [0, 0.1) is 28.6 Å². The zero-order valence-electron chi connectivity index (χ0n) is 15.8. The SMILES string of the molecule is CC=C1C[C@@H]2[C@@H](CC[C@]3(C)C(O)CC[C@@H]23)[C@@]2(C)C(C)=CC(=O)C3OC132. The maximum Gasteiger partial charge on any atom is 0.187 e. The van der Waals surface area contributed by atoms with Crippen LogP contribution in [0.2, 0.25) is 0 Å². The number of carbonyl (C=O) groups excluding carboxylic acids is 1. The molecule has 8 atom stereocenters. The molecule has 1 heterocycles. The number of ketones is 1. The van der Waals surface area contributed by atoms with Crippen molar-refractivity contribution < 1.29 is 14.6 Å². The van der Waals surface area contributed by atoms with Crippen molar-refractivity contribution in [2.75, 3.05) is 0 Å². The maximum absolute atomic E-state index is 12.5. The molecule has 3 saturated carbocycles. The lowest BCUT2D eigenvalue weighted by Crippen LogP contribution is -2.59. The molecule has 1 aliphatic heterocycles. The molecular formula is C22H30O3. The minimum absolute atomic E-state index is 0.0762. The maximum atomic E-state index is 12.5. The van der Waals surface area contributed by atoms with Crippen LogP contribution >= 0.6 is 0 Å². The summed E-state index contributed by atoms with van der Waals surface area (Å²) in [6.07, 6.45) is 9.06. The monoisotopic (exact) mass is 342 g/mol. The molecule has 5 rings (SSSR count). The van der Waals surface area contributed by atoms with Crippen molar-refractivity contribution in [2.45, 2.75) is 77.6 Å². The van der Waals surface area contributed by atoms with Crippen LogP contribution in [0.4, 0.5) is 0 Å². The Hall–Kier alpha value is -0.930. The fourth-order valence-corrected chi connectivity index (χ4v) is 7.68. The highest BCUT2D eigenvalue weighted by Gasteiger charge is 2.78. The number of allylic oxidation sites excluding steroid dienone is 1. The van der Waals surface area contributed by atoms with Gasteiger partial charge in [-0.1, -0.05) is 25.5 Å². The van der Waals surface area contributed by atoms with Crippen LogP contribution in [0.15, 0.2) is 23.3 Å². The van der Waals surface area contributed by atoms with E-state index in [9.17, 15) is 9.90 Å². The Bertz CT molecular complexity index is 721. The van der Waals surface area contributed by atoms with Crippen molar-refractivity contribution >= 4 is 5.78 Å². The van der Waals surface area contributed by atoms with Crippen molar-refractivity contribution in [1.82, 2.24) is 0 Å². The number of aliphatic hydroxyl groups is 1. The quantitative estimate of drug-likeness (QED) is 0.538. The molecule has 5 aliphatic rings. The van der Waals surface area contributed by atoms with E-state index >= 15 is 0 Å². The second-order valence-electron chi connectivity index (χ2n) is 9.70. The molecule has 3 nitrogen and oxygen atoms in total. The molecular weight excluding hydrogens is 312 g/mol. The summed E-state index contributed by atoms with van der Waals surface area (Å²) in [4.78, 5) is 12.5. The number of ether oxygens (including phenoxy) is 1. The first-order valence-corrected chi connectivity index (χ1v) is 10.0. The summed E-state index contributed by atoms with van der Waals surface area (Å²) in [5.74, 6) is 1.89. The predicted molar refractivity (Wildman–Crippen MR) is 95.9 cm³/mol. The van der Waals surface area contributed by atoms with Crippen LogP contribution < -0.4 is 0 Å². The lowest BCUT2D eigenvalue weighted by Gasteiger charge is -2.59. The zero-order valence-corrected chi connectivity index (χ0v) is 15.8. The molecule has 136 valence electrons. The van der Waals surface area contributed by atoms with E-state index in [0.29, 0.717) is 17.8 Å². The molecule has 0 aromatic rings. The molecule has 4 fully saturated rings. The number of hydrogen-bond acceptors (Lipinski definition) is 3. The third-order valence-electron chi connectivity index (χ3n) is 9.23. The molecule has 0 amide bonds. The first kappa shape index (κ1) is 16.3. The van der Waals surface area contributed by atoms with Crippen LogP contribution in [-0.2, 0) is 9.53 Å². The minimum atomic E-state index is -0.371. The van der Waals surface area contributed by atoms with Crippen LogP contribution in [0.5, 0.6) is 0 Å². The van der Waals surface area contributed by atoms with Crippen LogP contribution in [0.25, 0.3) is 0 Å². The van der Waals surface area contributed by atoms with Crippen molar-refractivity contribution in [3.8, 4) is 0 Å². The number of aliphatic hydroxyl groups excluding tert-OH is 1. The van der Waals surface area contributed by atoms with E-state index in [1.807, 2.05) is 6.08 Å². The number of rotatable bonds is 0. The predicted octanol–water partition coefficient (Wildman–Crippen LogP) is 3.81. The molecule has 1 saturated heterocycles. The van der Waals surface area contributed by atoms with E-state index in [1.54, 1.807) is 0 Å². The molecule has 0 aromatic heterocycles. The van der Waals surface area contributed by atoms with E-state index in [-0.39, 0.29) is 34.4 Å². The van der Waals surface area contributed by atoms with Gasteiger partial charge in [-0.25, -0.2) is 0 Å². The van der Waals surface area contributed by atoms with Gasteiger partial charge in [0, 0.05) is 5.41 Å². The molecule has 3 unspecified atom stereocenters. The summed E-state index contributed by atoms with van der Waals surface area (Å²) in [6, 6.07) is 0. The number of carbonyl (C=O) groups is 1.